The zero-order chi connectivity index (χ0) is 18.8. The number of hydrogen-bond donors (Lipinski definition) is 1. The van der Waals surface area contributed by atoms with E-state index in [2.05, 4.69) is 5.32 Å². The Morgan fingerprint density at radius 2 is 2.00 bits per heavy atom. The van der Waals surface area contributed by atoms with Crippen LogP contribution in [-0.4, -0.2) is 54.6 Å². The molecule has 1 aromatic carbocycles. The first-order valence-corrected chi connectivity index (χ1v) is 8.89. The molecule has 0 saturated carbocycles. The lowest BCUT2D eigenvalue weighted by molar-refractivity contribution is -0.0990. The second kappa shape index (κ2) is 7.25. The highest BCUT2D eigenvalue weighted by molar-refractivity contribution is 5.89. The maximum atomic E-state index is 12.3. The van der Waals surface area contributed by atoms with Crippen molar-refractivity contribution in [2.24, 2.45) is 5.92 Å². The molecule has 26 heavy (non-hydrogen) atoms. The van der Waals surface area contributed by atoms with Gasteiger partial charge in [0.1, 0.15) is 5.60 Å². The third-order valence-corrected chi connectivity index (χ3v) is 4.61. The number of carbonyl (C=O) groups is 2. The molecule has 1 amide bonds. The summed E-state index contributed by atoms with van der Waals surface area (Å²) in [6.07, 6.45) is 0.305. The van der Waals surface area contributed by atoms with E-state index in [9.17, 15) is 9.59 Å². The minimum Gasteiger partial charge on any atom is -0.444 e. The number of nitrogens with zero attached hydrogens (tertiary/aromatic N) is 1. The highest BCUT2D eigenvalue weighted by Gasteiger charge is 2.51. The van der Waals surface area contributed by atoms with Crippen molar-refractivity contribution in [2.45, 2.75) is 38.3 Å². The number of nitrogens with one attached hydrogen (secondary N) is 1. The van der Waals surface area contributed by atoms with Gasteiger partial charge in [0, 0.05) is 19.1 Å². The molecule has 142 valence electrons. The van der Waals surface area contributed by atoms with Crippen molar-refractivity contribution in [3.63, 3.8) is 0 Å². The van der Waals surface area contributed by atoms with Gasteiger partial charge < -0.3 is 19.6 Å². The van der Waals surface area contributed by atoms with E-state index < -0.39 is 23.2 Å². The lowest BCUT2D eigenvalue weighted by Gasteiger charge is -2.38. The largest absolute Gasteiger partial charge is 0.444 e. The van der Waals surface area contributed by atoms with E-state index in [0.717, 1.165) is 6.42 Å². The number of carbonyl (C=O) groups excluding carboxylic acids is 2. The highest BCUT2D eigenvalue weighted by atomic mass is 16.7. The number of ether oxygens (including phenoxy) is 2. The van der Waals surface area contributed by atoms with Gasteiger partial charge in [-0.05, 0) is 39.3 Å². The van der Waals surface area contributed by atoms with Crippen LogP contribution in [0.1, 0.15) is 37.6 Å². The van der Waals surface area contributed by atoms with Crippen LogP contribution in [0.2, 0.25) is 0 Å². The Morgan fingerprint density at radius 1 is 1.27 bits per heavy atom. The van der Waals surface area contributed by atoms with Gasteiger partial charge in [-0.3, -0.25) is 0 Å². The van der Waals surface area contributed by atoms with Gasteiger partial charge >= 0.3 is 12.1 Å². The molecule has 2 atom stereocenters. The summed E-state index contributed by atoms with van der Waals surface area (Å²) in [5, 5.41) is 4.59. The van der Waals surface area contributed by atoms with Gasteiger partial charge in [-0.1, -0.05) is 18.2 Å². The van der Waals surface area contributed by atoms with Crippen LogP contribution in [0.3, 0.4) is 0 Å². The van der Waals surface area contributed by atoms with Crippen LogP contribution in [0.4, 0.5) is 4.79 Å². The number of alkyl carbamates (subject to hydrolysis) is 1. The van der Waals surface area contributed by atoms with Crippen molar-refractivity contribution in [2.75, 3.05) is 26.3 Å². The van der Waals surface area contributed by atoms with E-state index >= 15 is 0 Å². The molecule has 0 aliphatic carbocycles. The standard InChI is InChI=1S/C19H26N2O5/c1-18(2,3)25-17(23)20-19-12-21(11-15(19)9-10-24-13-19)26-16(22)14-7-5-4-6-8-14/h4-8,15H,9-13H2,1-3H3,(H,20,23)/t15-,19+/m1/s1. The quantitative estimate of drug-likeness (QED) is 0.890. The minimum atomic E-state index is -0.614. The average molecular weight is 362 g/mol. The van der Waals surface area contributed by atoms with E-state index in [-0.39, 0.29) is 5.92 Å². The van der Waals surface area contributed by atoms with E-state index in [4.69, 9.17) is 14.3 Å². The Balaban J connectivity index is 1.67. The van der Waals surface area contributed by atoms with Crippen LogP contribution >= 0.6 is 0 Å². The van der Waals surface area contributed by atoms with Crippen molar-refractivity contribution in [1.29, 1.82) is 0 Å². The number of rotatable bonds is 3. The summed E-state index contributed by atoms with van der Waals surface area (Å²) >= 11 is 0. The lowest BCUT2D eigenvalue weighted by atomic mass is 9.84. The molecule has 7 nitrogen and oxygen atoms in total. The number of hydroxylamine groups is 2. The number of fused-ring (bicyclic) bond motifs is 1. The van der Waals surface area contributed by atoms with Gasteiger partial charge in [-0.15, -0.1) is 5.06 Å². The molecule has 0 spiro atoms. The van der Waals surface area contributed by atoms with Crippen LogP contribution in [-0.2, 0) is 14.3 Å². The maximum Gasteiger partial charge on any atom is 0.408 e. The van der Waals surface area contributed by atoms with E-state index in [1.807, 2.05) is 26.8 Å². The highest BCUT2D eigenvalue weighted by Crippen LogP contribution is 2.34. The molecule has 2 aliphatic rings. The van der Waals surface area contributed by atoms with Crippen molar-refractivity contribution >= 4 is 12.1 Å². The minimum absolute atomic E-state index is 0.132. The summed E-state index contributed by atoms with van der Waals surface area (Å²) in [6, 6.07) is 8.85. The van der Waals surface area contributed by atoms with Gasteiger partial charge in [0.15, 0.2) is 0 Å². The molecule has 1 aromatic rings. The molecule has 0 unspecified atom stereocenters. The van der Waals surface area contributed by atoms with Gasteiger partial charge in [0.25, 0.3) is 0 Å². The van der Waals surface area contributed by atoms with Crippen LogP contribution < -0.4 is 5.32 Å². The fraction of sp³-hybridized carbons (Fsp3) is 0.579. The van der Waals surface area contributed by atoms with Gasteiger partial charge in [0.2, 0.25) is 0 Å². The predicted molar refractivity (Wildman–Crippen MR) is 94.5 cm³/mol. The first kappa shape index (κ1) is 18.7. The molecule has 1 N–H and O–H groups in total. The molecule has 0 bridgehead atoms. The van der Waals surface area contributed by atoms with Crippen molar-refractivity contribution in [3.8, 4) is 0 Å². The van der Waals surface area contributed by atoms with E-state index in [1.165, 1.54) is 0 Å². The van der Waals surface area contributed by atoms with Gasteiger partial charge in [-0.25, -0.2) is 9.59 Å². The Morgan fingerprint density at radius 3 is 2.69 bits per heavy atom. The average Bonchev–Trinajstić information content (AvgIpc) is 2.91. The van der Waals surface area contributed by atoms with E-state index in [1.54, 1.807) is 29.3 Å². The molecule has 2 heterocycles. The van der Waals surface area contributed by atoms with Crippen molar-refractivity contribution in [1.82, 2.24) is 10.4 Å². The lowest BCUT2D eigenvalue weighted by Crippen LogP contribution is -2.60. The summed E-state index contributed by atoms with van der Waals surface area (Å²) in [6.45, 7) is 7.39. The van der Waals surface area contributed by atoms with Crippen LogP contribution in [0, 0.1) is 5.92 Å². The SMILES string of the molecule is CC(C)(C)OC(=O)N[C@@]12COCC[C@@H]1CN(OC(=O)c1ccccc1)C2. The second-order valence-corrected chi connectivity index (χ2v) is 7.89. The molecule has 2 fully saturated rings. The van der Waals surface area contributed by atoms with Crippen molar-refractivity contribution in [3.05, 3.63) is 35.9 Å². The second-order valence-electron chi connectivity index (χ2n) is 7.89. The molecule has 0 aromatic heterocycles. The first-order valence-electron chi connectivity index (χ1n) is 8.89. The normalized spacial score (nSPS) is 26.0. The van der Waals surface area contributed by atoms with Crippen molar-refractivity contribution < 1.29 is 23.9 Å². The van der Waals surface area contributed by atoms with Crippen LogP contribution in [0.5, 0.6) is 0 Å². The Labute approximate surface area is 153 Å². The number of amides is 1. The third-order valence-electron chi connectivity index (χ3n) is 4.61. The summed E-state index contributed by atoms with van der Waals surface area (Å²) in [7, 11) is 0. The zero-order valence-corrected chi connectivity index (χ0v) is 15.5. The molecule has 7 heteroatoms. The predicted octanol–water partition coefficient (Wildman–Crippen LogP) is 2.37. The first-order chi connectivity index (χ1) is 12.3. The topological polar surface area (TPSA) is 77.1 Å². The molecular formula is C19H26N2O5. The molecule has 0 radical (unpaired) electrons. The zero-order valence-electron chi connectivity index (χ0n) is 15.5. The Bertz CT molecular complexity index is 658. The van der Waals surface area contributed by atoms with Crippen LogP contribution in [0.25, 0.3) is 0 Å². The summed E-state index contributed by atoms with van der Waals surface area (Å²) in [5.74, 6) is -0.273. The monoisotopic (exact) mass is 362 g/mol. The maximum absolute atomic E-state index is 12.3. The molecule has 3 rings (SSSR count). The number of benzene rings is 1. The summed E-state index contributed by atoms with van der Waals surface area (Å²) < 4.78 is 11.0. The Kier molecular flexibility index (Phi) is 5.20. The smallest absolute Gasteiger partial charge is 0.408 e. The summed E-state index contributed by atoms with van der Waals surface area (Å²) in [5.41, 5.74) is -0.700. The fourth-order valence-electron chi connectivity index (χ4n) is 3.44. The number of hydrogen-bond acceptors (Lipinski definition) is 6. The molecular weight excluding hydrogens is 336 g/mol. The van der Waals surface area contributed by atoms with Crippen LogP contribution in [0.15, 0.2) is 30.3 Å². The van der Waals surface area contributed by atoms with E-state index in [0.29, 0.717) is 31.9 Å². The Hall–Kier alpha value is -2.12. The third kappa shape index (κ3) is 4.34. The van der Waals surface area contributed by atoms with Gasteiger partial charge in [0.05, 0.1) is 24.3 Å². The summed E-state index contributed by atoms with van der Waals surface area (Å²) in [4.78, 5) is 30.2. The fourth-order valence-corrected chi connectivity index (χ4v) is 3.44. The molecule has 2 aliphatic heterocycles. The molecule has 2 saturated heterocycles. The van der Waals surface area contributed by atoms with Gasteiger partial charge in [-0.2, -0.15) is 0 Å².